The van der Waals surface area contributed by atoms with Crippen molar-refractivity contribution >= 4 is 11.8 Å². The number of carbonyl (C=O) groups excluding carboxylic acids is 2. The van der Waals surface area contributed by atoms with Crippen molar-refractivity contribution in [1.82, 2.24) is 15.5 Å². The monoisotopic (exact) mass is 269 g/mol. The molecule has 0 radical (unpaired) electrons. The first-order chi connectivity index (χ1) is 9.13. The molecule has 2 fully saturated rings. The van der Waals surface area contributed by atoms with Gasteiger partial charge in [0.05, 0.1) is 19.1 Å². The minimum atomic E-state index is -0.483. The topological polar surface area (TPSA) is 70.7 Å². The van der Waals surface area contributed by atoms with Gasteiger partial charge in [-0.05, 0) is 18.9 Å². The summed E-state index contributed by atoms with van der Waals surface area (Å²) in [6.45, 7) is 5.12. The first-order valence-electron chi connectivity index (χ1n) is 6.94. The summed E-state index contributed by atoms with van der Waals surface area (Å²) >= 11 is 0. The molecule has 2 aliphatic heterocycles. The summed E-state index contributed by atoms with van der Waals surface area (Å²) in [6, 6.07) is -0.483. The van der Waals surface area contributed by atoms with Gasteiger partial charge in [0.1, 0.15) is 6.04 Å². The van der Waals surface area contributed by atoms with Crippen molar-refractivity contribution in [3.63, 3.8) is 0 Å². The molecule has 0 aliphatic carbocycles. The summed E-state index contributed by atoms with van der Waals surface area (Å²) in [6.07, 6.45) is 0.893. The molecule has 0 aromatic rings. The number of hydrogen-bond acceptors (Lipinski definition) is 4. The molecule has 2 rings (SSSR count). The number of ether oxygens (including phenoxy) is 1. The lowest BCUT2D eigenvalue weighted by Gasteiger charge is -2.38. The second kappa shape index (κ2) is 6.34. The first-order valence-corrected chi connectivity index (χ1v) is 6.94. The molecule has 6 nitrogen and oxygen atoms in total. The molecule has 3 unspecified atom stereocenters. The highest BCUT2D eigenvalue weighted by Crippen LogP contribution is 2.20. The van der Waals surface area contributed by atoms with Gasteiger partial charge in [0.15, 0.2) is 0 Å². The number of carbonyl (C=O) groups is 2. The second-order valence-electron chi connectivity index (χ2n) is 5.43. The van der Waals surface area contributed by atoms with Crippen LogP contribution in [0.2, 0.25) is 0 Å². The van der Waals surface area contributed by atoms with E-state index in [-0.39, 0.29) is 17.7 Å². The Labute approximate surface area is 113 Å². The molecular formula is C13H23N3O3. The number of morpholine rings is 1. The summed E-state index contributed by atoms with van der Waals surface area (Å²) in [5.74, 6) is 0.414. The number of nitrogens with zero attached hydrogens (tertiary/aromatic N) is 1. The van der Waals surface area contributed by atoms with E-state index in [1.807, 2.05) is 0 Å². The Hall–Kier alpha value is -1.14. The van der Waals surface area contributed by atoms with E-state index in [1.165, 1.54) is 0 Å². The van der Waals surface area contributed by atoms with Crippen LogP contribution in [-0.2, 0) is 14.3 Å². The number of piperidine rings is 1. The Bertz CT molecular complexity index is 348. The molecule has 0 bridgehead atoms. The maximum Gasteiger partial charge on any atom is 0.244 e. The highest BCUT2D eigenvalue weighted by atomic mass is 16.5. The molecule has 6 heteroatoms. The Balaban J connectivity index is 2.04. The molecule has 19 heavy (non-hydrogen) atoms. The SMILES string of the molecule is CNC(=O)C1COCCN1C(=O)C1CNCC(C)C1. The van der Waals surface area contributed by atoms with E-state index in [4.69, 9.17) is 4.74 Å². The zero-order chi connectivity index (χ0) is 13.8. The normalized spacial score (nSPS) is 31.9. The van der Waals surface area contributed by atoms with Crippen LogP contribution >= 0.6 is 0 Å². The smallest absolute Gasteiger partial charge is 0.244 e. The average molecular weight is 269 g/mol. The van der Waals surface area contributed by atoms with Gasteiger partial charge in [0.2, 0.25) is 11.8 Å². The molecule has 0 saturated carbocycles. The van der Waals surface area contributed by atoms with Crippen LogP contribution in [0.1, 0.15) is 13.3 Å². The van der Waals surface area contributed by atoms with Crippen LogP contribution in [-0.4, -0.2) is 62.7 Å². The van der Waals surface area contributed by atoms with Crippen molar-refractivity contribution in [3.8, 4) is 0 Å². The van der Waals surface area contributed by atoms with Crippen molar-refractivity contribution in [1.29, 1.82) is 0 Å². The molecular weight excluding hydrogens is 246 g/mol. The van der Waals surface area contributed by atoms with E-state index >= 15 is 0 Å². The summed E-state index contributed by atoms with van der Waals surface area (Å²) in [5.41, 5.74) is 0. The van der Waals surface area contributed by atoms with E-state index < -0.39 is 6.04 Å². The van der Waals surface area contributed by atoms with E-state index in [0.717, 1.165) is 13.0 Å². The Kier molecular flexibility index (Phi) is 4.76. The molecule has 108 valence electrons. The van der Waals surface area contributed by atoms with Crippen LogP contribution in [0.15, 0.2) is 0 Å². The molecule has 2 heterocycles. The molecule has 2 amide bonds. The van der Waals surface area contributed by atoms with Gasteiger partial charge in [-0.3, -0.25) is 9.59 Å². The summed E-state index contributed by atoms with van der Waals surface area (Å²) in [4.78, 5) is 26.1. The summed E-state index contributed by atoms with van der Waals surface area (Å²) < 4.78 is 5.32. The predicted molar refractivity (Wildman–Crippen MR) is 70.5 cm³/mol. The molecule has 0 spiro atoms. The van der Waals surface area contributed by atoms with Crippen LogP contribution in [0.3, 0.4) is 0 Å². The fraction of sp³-hybridized carbons (Fsp3) is 0.846. The molecule has 2 N–H and O–H groups in total. The Morgan fingerprint density at radius 3 is 2.84 bits per heavy atom. The van der Waals surface area contributed by atoms with Crippen molar-refractivity contribution in [3.05, 3.63) is 0 Å². The zero-order valence-electron chi connectivity index (χ0n) is 11.6. The molecule has 2 aliphatic rings. The fourth-order valence-corrected chi connectivity index (χ4v) is 2.83. The third-order valence-corrected chi connectivity index (χ3v) is 3.88. The van der Waals surface area contributed by atoms with Gasteiger partial charge in [-0.2, -0.15) is 0 Å². The van der Waals surface area contributed by atoms with Gasteiger partial charge in [0, 0.05) is 20.1 Å². The fourth-order valence-electron chi connectivity index (χ4n) is 2.83. The van der Waals surface area contributed by atoms with Gasteiger partial charge >= 0.3 is 0 Å². The summed E-state index contributed by atoms with van der Waals surface area (Å²) in [5, 5.41) is 5.89. The number of amides is 2. The zero-order valence-corrected chi connectivity index (χ0v) is 11.6. The van der Waals surface area contributed by atoms with Crippen LogP contribution in [0.5, 0.6) is 0 Å². The van der Waals surface area contributed by atoms with E-state index in [1.54, 1.807) is 11.9 Å². The third-order valence-electron chi connectivity index (χ3n) is 3.88. The highest BCUT2D eigenvalue weighted by molar-refractivity contribution is 5.88. The predicted octanol–water partition coefficient (Wildman–Crippen LogP) is -0.795. The molecule has 3 atom stereocenters. The summed E-state index contributed by atoms with van der Waals surface area (Å²) in [7, 11) is 1.59. The molecule has 0 aromatic heterocycles. The van der Waals surface area contributed by atoms with Gasteiger partial charge in [-0.15, -0.1) is 0 Å². The Morgan fingerprint density at radius 1 is 1.37 bits per heavy atom. The first kappa shape index (κ1) is 14.3. The number of likely N-dealkylation sites (N-methyl/N-ethyl adjacent to an activating group) is 1. The van der Waals surface area contributed by atoms with Gasteiger partial charge in [-0.1, -0.05) is 6.92 Å². The van der Waals surface area contributed by atoms with E-state index in [9.17, 15) is 9.59 Å². The lowest BCUT2D eigenvalue weighted by Crippen LogP contribution is -2.58. The van der Waals surface area contributed by atoms with E-state index in [0.29, 0.717) is 32.2 Å². The van der Waals surface area contributed by atoms with Gasteiger partial charge < -0.3 is 20.3 Å². The maximum atomic E-state index is 12.6. The largest absolute Gasteiger partial charge is 0.377 e. The quantitative estimate of drug-likeness (QED) is 0.689. The standard InChI is InChI=1S/C13H23N3O3/c1-9-5-10(7-15-6-9)13(18)16-3-4-19-8-11(16)12(17)14-2/h9-11,15H,3-8H2,1-2H3,(H,14,17). The van der Waals surface area contributed by atoms with Crippen LogP contribution in [0.4, 0.5) is 0 Å². The van der Waals surface area contributed by atoms with Crippen LogP contribution in [0.25, 0.3) is 0 Å². The molecule has 0 aromatic carbocycles. The third kappa shape index (κ3) is 3.25. The lowest BCUT2D eigenvalue weighted by atomic mass is 9.90. The van der Waals surface area contributed by atoms with E-state index in [2.05, 4.69) is 17.6 Å². The Morgan fingerprint density at radius 2 is 2.16 bits per heavy atom. The van der Waals surface area contributed by atoms with Gasteiger partial charge in [0.25, 0.3) is 0 Å². The lowest BCUT2D eigenvalue weighted by molar-refractivity contribution is -0.152. The van der Waals surface area contributed by atoms with Gasteiger partial charge in [-0.25, -0.2) is 0 Å². The van der Waals surface area contributed by atoms with Crippen molar-refractivity contribution in [2.45, 2.75) is 19.4 Å². The highest BCUT2D eigenvalue weighted by Gasteiger charge is 2.36. The maximum absolute atomic E-state index is 12.6. The van der Waals surface area contributed by atoms with Crippen molar-refractivity contribution in [2.75, 3.05) is 39.9 Å². The minimum absolute atomic E-state index is 0.0194. The number of rotatable bonds is 2. The minimum Gasteiger partial charge on any atom is -0.377 e. The van der Waals surface area contributed by atoms with Crippen LogP contribution in [0, 0.1) is 11.8 Å². The van der Waals surface area contributed by atoms with Crippen molar-refractivity contribution in [2.24, 2.45) is 11.8 Å². The van der Waals surface area contributed by atoms with Crippen molar-refractivity contribution < 1.29 is 14.3 Å². The van der Waals surface area contributed by atoms with Crippen LogP contribution < -0.4 is 10.6 Å². The average Bonchev–Trinajstić information content (AvgIpc) is 2.45. The number of hydrogen-bond donors (Lipinski definition) is 2. The number of nitrogens with one attached hydrogen (secondary N) is 2. The second-order valence-corrected chi connectivity index (χ2v) is 5.43. The molecule has 2 saturated heterocycles.